The molecule has 2 heterocycles. The van der Waals surface area contributed by atoms with Gasteiger partial charge in [-0.25, -0.2) is 9.97 Å². The Morgan fingerprint density at radius 1 is 1.24 bits per heavy atom. The van der Waals surface area contributed by atoms with Crippen molar-refractivity contribution in [3.05, 3.63) is 40.8 Å². The zero-order chi connectivity index (χ0) is 15.2. The van der Waals surface area contributed by atoms with Crippen LogP contribution in [0.2, 0.25) is 5.28 Å². The zero-order valence-electron chi connectivity index (χ0n) is 10.7. The molecule has 0 saturated carbocycles. The molecule has 0 radical (unpaired) electrons. The summed E-state index contributed by atoms with van der Waals surface area (Å²) >= 11 is 5.64. The van der Waals surface area contributed by atoms with Crippen molar-refractivity contribution in [2.75, 3.05) is 0 Å². The van der Waals surface area contributed by atoms with E-state index in [4.69, 9.17) is 11.6 Å². The summed E-state index contributed by atoms with van der Waals surface area (Å²) < 4.78 is 39.3. The number of benzene rings is 1. The number of H-pyrrole nitrogens is 1. The number of aromatic nitrogens is 4. The molecule has 0 aliphatic rings. The lowest BCUT2D eigenvalue weighted by molar-refractivity contribution is -0.137. The number of fused-ring (bicyclic) bond motifs is 1. The minimum atomic E-state index is -4.58. The minimum absolute atomic E-state index is 0.172. The van der Waals surface area contributed by atoms with Crippen LogP contribution in [0.4, 0.5) is 13.2 Å². The van der Waals surface area contributed by atoms with Crippen LogP contribution in [0.1, 0.15) is 11.1 Å². The SMILES string of the molecule is Cc1cccc2c(-c3nc(Cl)ncc3C(F)(F)F)[nH]nc12. The maximum atomic E-state index is 13.1. The second kappa shape index (κ2) is 4.70. The number of nitrogens with zero attached hydrogens (tertiary/aromatic N) is 3. The van der Waals surface area contributed by atoms with Gasteiger partial charge in [-0.1, -0.05) is 18.2 Å². The average molecular weight is 313 g/mol. The molecule has 3 rings (SSSR count). The summed E-state index contributed by atoms with van der Waals surface area (Å²) in [7, 11) is 0. The summed E-state index contributed by atoms with van der Waals surface area (Å²) in [5, 5.41) is 6.96. The lowest BCUT2D eigenvalue weighted by Crippen LogP contribution is -2.10. The molecule has 0 atom stereocenters. The third-order valence-electron chi connectivity index (χ3n) is 3.09. The highest BCUT2D eigenvalue weighted by Crippen LogP contribution is 2.37. The van der Waals surface area contributed by atoms with E-state index in [0.717, 1.165) is 5.56 Å². The Balaban J connectivity index is 2.33. The fourth-order valence-electron chi connectivity index (χ4n) is 2.12. The van der Waals surface area contributed by atoms with E-state index in [1.54, 1.807) is 12.1 Å². The Morgan fingerprint density at radius 2 is 2.00 bits per heavy atom. The molecule has 0 amide bonds. The van der Waals surface area contributed by atoms with Gasteiger partial charge < -0.3 is 0 Å². The van der Waals surface area contributed by atoms with Gasteiger partial charge in [0.15, 0.2) is 0 Å². The Morgan fingerprint density at radius 3 is 2.71 bits per heavy atom. The molecule has 21 heavy (non-hydrogen) atoms. The second-order valence-electron chi connectivity index (χ2n) is 4.47. The number of para-hydroxylation sites is 1. The van der Waals surface area contributed by atoms with Gasteiger partial charge in [-0.2, -0.15) is 18.3 Å². The van der Waals surface area contributed by atoms with Gasteiger partial charge in [-0.05, 0) is 24.1 Å². The number of rotatable bonds is 1. The second-order valence-corrected chi connectivity index (χ2v) is 4.81. The van der Waals surface area contributed by atoms with E-state index < -0.39 is 11.7 Å². The van der Waals surface area contributed by atoms with Crippen molar-refractivity contribution < 1.29 is 13.2 Å². The monoisotopic (exact) mass is 312 g/mol. The van der Waals surface area contributed by atoms with Crippen LogP contribution in [0.5, 0.6) is 0 Å². The van der Waals surface area contributed by atoms with Crippen LogP contribution in [-0.4, -0.2) is 20.2 Å². The first kappa shape index (κ1) is 13.8. The highest BCUT2D eigenvalue weighted by atomic mass is 35.5. The molecule has 8 heteroatoms. The van der Waals surface area contributed by atoms with Crippen LogP contribution < -0.4 is 0 Å². The molecule has 0 unspecified atom stereocenters. The maximum absolute atomic E-state index is 13.1. The Hall–Kier alpha value is -2.15. The van der Waals surface area contributed by atoms with Crippen LogP contribution in [0.25, 0.3) is 22.3 Å². The molecule has 0 aliphatic carbocycles. The number of alkyl halides is 3. The van der Waals surface area contributed by atoms with E-state index in [0.29, 0.717) is 17.1 Å². The number of aromatic amines is 1. The average Bonchev–Trinajstić information content (AvgIpc) is 2.82. The first-order valence-electron chi connectivity index (χ1n) is 5.91. The molecule has 1 N–H and O–H groups in total. The molecular weight excluding hydrogens is 305 g/mol. The molecule has 0 spiro atoms. The fraction of sp³-hybridized carbons (Fsp3) is 0.154. The number of hydrogen-bond donors (Lipinski definition) is 1. The maximum Gasteiger partial charge on any atom is 0.420 e. The van der Waals surface area contributed by atoms with Crippen molar-refractivity contribution in [2.45, 2.75) is 13.1 Å². The Labute approximate surface area is 122 Å². The first-order chi connectivity index (χ1) is 9.88. The van der Waals surface area contributed by atoms with Crippen LogP contribution in [0.3, 0.4) is 0 Å². The highest BCUT2D eigenvalue weighted by molar-refractivity contribution is 6.28. The molecule has 1 aromatic carbocycles. The van der Waals surface area contributed by atoms with Crippen molar-refractivity contribution >= 4 is 22.5 Å². The molecule has 3 aromatic rings. The fourth-order valence-corrected chi connectivity index (χ4v) is 2.25. The minimum Gasteiger partial charge on any atom is -0.275 e. The lowest BCUT2D eigenvalue weighted by atomic mass is 10.1. The van der Waals surface area contributed by atoms with Gasteiger partial charge in [0.2, 0.25) is 5.28 Å². The summed E-state index contributed by atoms with van der Waals surface area (Å²) in [6.45, 7) is 1.82. The molecule has 2 aromatic heterocycles. The van der Waals surface area contributed by atoms with E-state index in [2.05, 4.69) is 20.2 Å². The quantitative estimate of drug-likeness (QED) is 0.691. The van der Waals surface area contributed by atoms with Gasteiger partial charge in [0, 0.05) is 11.6 Å². The molecular formula is C13H8ClF3N4. The Bertz CT molecular complexity index is 826. The smallest absolute Gasteiger partial charge is 0.275 e. The lowest BCUT2D eigenvalue weighted by Gasteiger charge is -2.10. The number of nitrogens with one attached hydrogen (secondary N) is 1. The Kier molecular flexibility index (Phi) is 3.09. The topological polar surface area (TPSA) is 54.5 Å². The van der Waals surface area contributed by atoms with Crippen molar-refractivity contribution in [1.82, 2.24) is 20.2 Å². The predicted molar refractivity (Wildman–Crippen MR) is 71.9 cm³/mol. The van der Waals surface area contributed by atoms with Gasteiger partial charge in [0.05, 0.1) is 11.2 Å². The van der Waals surface area contributed by atoms with Gasteiger partial charge in [-0.15, -0.1) is 0 Å². The molecule has 0 fully saturated rings. The highest BCUT2D eigenvalue weighted by Gasteiger charge is 2.36. The van der Waals surface area contributed by atoms with Gasteiger partial charge in [0.1, 0.15) is 11.3 Å². The third-order valence-corrected chi connectivity index (χ3v) is 3.27. The van der Waals surface area contributed by atoms with Crippen LogP contribution in [0.15, 0.2) is 24.4 Å². The predicted octanol–water partition coefficient (Wildman–Crippen LogP) is 4.00. The molecule has 4 nitrogen and oxygen atoms in total. The van der Waals surface area contributed by atoms with E-state index in [-0.39, 0.29) is 16.7 Å². The zero-order valence-corrected chi connectivity index (χ0v) is 11.4. The van der Waals surface area contributed by atoms with Gasteiger partial charge in [-0.3, -0.25) is 5.10 Å². The normalized spacial score (nSPS) is 12.0. The van der Waals surface area contributed by atoms with Crippen LogP contribution in [0, 0.1) is 6.92 Å². The van der Waals surface area contributed by atoms with Crippen LogP contribution >= 0.6 is 11.6 Å². The molecule has 0 saturated heterocycles. The number of aryl methyl sites for hydroxylation is 1. The molecule has 0 aliphatic heterocycles. The van der Waals surface area contributed by atoms with Gasteiger partial charge >= 0.3 is 6.18 Å². The van der Waals surface area contributed by atoms with Gasteiger partial charge in [0.25, 0.3) is 0 Å². The van der Waals surface area contributed by atoms with E-state index in [1.165, 1.54) is 0 Å². The van der Waals surface area contributed by atoms with Crippen molar-refractivity contribution in [2.24, 2.45) is 0 Å². The molecule has 108 valence electrons. The van der Waals surface area contributed by atoms with E-state index >= 15 is 0 Å². The number of halogens is 4. The number of hydrogen-bond acceptors (Lipinski definition) is 3. The van der Waals surface area contributed by atoms with Crippen LogP contribution in [-0.2, 0) is 6.18 Å². The van der Waals surface area contributed by atoms with Crippen molar-refractivity contribution in [1.29, 1.82) is 0 Å². The van der Waals surface area contributed by atoms with Crippen molar-refractivity contribution in [3.63, 3.8) is 0 Å². The summed E-state index contributed by atoms with van der Waals surface area (Å²) in [5.41, 5.74) is 0.346. The largest absolute Gasteiger partial charge is 0.420 e. The van der Waals surface area contributed by atoms with E-state index in [1.807, 2.05) is 13.0 Å². The van der Waals surface area contributed by atoms with E-state index in [9.17, 15) is 13.2 Å². The first-order valence-corrected chi connectivity index (χ1v) is 6.29. The third kappa shape index (κ3) is 2.33. The summed E-state index contributed by atoms with van der Waals surface area (Å²) in [5.74, 6) is 0. The summed E-state index contributed by atoms with van der Waals surface area (Å²) in [6.07, 6.45) is -3.91. The molecule has 0 bridgehead atoms. The summed E-state index contributed by atoms with van der Waals surface area (Å²) in [4.78, 5) is 7.14. The summed E-state index contributed by atoms with van der Waals surface area (Å²) in [6, 6.07) is 5.24. The standard InChI is InChI=1S/C13H8ClF3N4/c1-6-3-2-4-7-9(6)20-21-10(7)11-8(13(15,16)17)5-18-12(14)19-11/h2-5H,1H3,(H,20,21). The van der Waals surface area contributed by atoms with Crippen molar-refractivity contribution in [3.8, 4) is 11.4 Å².